The van der Waals surface area contributed by atoms with Crippen molar-refractivity contribution in [3.8, 4) is 0 Å². The van der Waals surface area contributed by atoms with Crippen molar-refractivity contribution in [3.05, 3.63) is 68.2 Å². The second-order valence-electron chi connectivity index (χ2n) is 4.58. The van der Waals surface area contributed by atoms with Crippen LogP contribution in [0.15, 0.2) is 55.5 Å². The first-order valence-corrected chi connectivity index (χ1v) is 6.86. The van der Waals surface area contributed by atoms with Crippen LogP contribution in [-0.4, -0.2) is 21.5 Å². The van der Waals surface area contributed by atoms with Gasteiger partial charge in [-0.2, -0.15) is 0 Å². The third-order valence-electron chi connectivity index (χ3n) is 2.70. The standard InChI is InChI=1S/C14H12N6O6/c15-14(16)18-17-9(1-3-10-5-7-12(25-10)19(21)22)2-4-11-6-8-13(26-11)20(23)24/h1-8H,(H4,15,16,18)/i1+1,2+1,9+1. The van der Waals surface area contributed by atoms with E-state index in [2.05, 4.69) is 10.2 Å². The summed E-state index contributed by atoms with van der Waals surface area (Å²) in [4.78, 5) is 19.8. The van der Waals surface area contributed by atoms with Gasteiger partial charge in [-0.3, -0.25) is 20.2 Å². The Morgan fingerprint density at radius 3 is 1.69 bits per heavy atom. The zero-order valence-electron chi connectivity index (χ0n) is 13.0. The molecule has 0 radical (unpaired) electrons. The number of guanidine groups is 1. The van der Waals surface area contributed by atoms with Gasteiger partial charge in [-0.25, -0.2) is 0 Å². The molecule has 2 rings (SSSR count). The van der Waals surface area contributed by atoms with Gasteiger partial charge in [0.2, 0.25) is 5.96 Å². The van der Waals surface area contributed by atoms with Gasteiger partial charge in [0, 0.05) is 0 Å². The summed E-state index contributed by atoms with van der Waals surface area (Å²) in [6.45, 7) is 0. The highest BCUT2D eigenvalue weighted by Gasteiger charge is 2.11. The highest BCUT2D eigenvalue weighted by atomic mass is 16.7. The quantitative estimate of drug-likeness (QED) is 0.245. The molecule has 0 aliphatic rings. The van der Waals surface area contributed by atoms with E-state index >= 15 is 0 Å². The lowest BCUT2D eigenvalue weighted by Crippen LogP contribution is -2.22. The molecule has 2 aromatic heterocycles. The van der Waals surface area contributed by atoms with E-state index < -0.39 is 21.6 Å². The molecule has 12 heteroatoms. The maximum atomic E-state index is 10.6. The highest BCUT2D eigenvalue weighted by molar-refractivity contribution is 6.08. The zero-order valence-corrected chi connectivity index (χ0v) is 13.0. The maximum absolute atomic E-state index is 10.6. The number of nitrogens with zero attached hydrogens (tertiary/aromatic N) is 4. The molecule has 26 heavy (non-hydrogen) atoms. The molecule has 0 amide bonds. The minimum absolute atomic E-state index is 0.205. The number of furan rings is 2. The number of hydrogen-bond donors (Lipinski definition) is 2. The lowest BCUT2D eigenvalue weighted by molar-refractivity contribution is -0.402. The molecule has 2 aromatic rings. The molecule has 4 N–H and O–H groups in total. The molecule has 0 aliphatic carbocycles. The fourth-order valence-electron chi connectivity index (χ4n) is 1.63. The summed E-state index contributed by atoms with van der Waals surface area (Å²) in [5.74, 6) is -0.699. The molecule has 0 unspecified atom stereocenters. The zero-order chi connectivity index (χ0) is 19.1. The van der Waals surface area contributed by atoms with Gasteiger partial charge in [0.05, 0.1) is 17.8 Å². The fourth-order valence-corrected chi connectivity index (χ4v) is 1.63. The van der Waals surface area contributed by atoms with Crippen molar-refractivity contribution < 1.29 is 18.7 Å². The average molecular weight is 363 g/mol. The summed E-state index contributed by atoms with van der Waals surface area (Å²) >= 11 is 0. The average Bonchev–Trinajstić information content (AvgIpc) is 3.23. The molecular weight excluding hydrogens is 351 g/mol. The van der Waals surface area contributed by atoms with E-state index in [1.807, 2.05) is 0 Å². The SMILES string of the molecule is NC(N)=NN=[13C]([13CH]=Cc1ccc([N+](=O)[O-])o1)[13CH]=Cc1ccc([N+](=O)[O-])o1. The van der Waals surface area contributed by atoms with Crippen molar-refractivity contribution in [1.82, 2.24) is 0 Å². The van der Waals surface area contributed by atoms with Gasteiger partial charge in [-0.1, -0.05) is 0 Å². The van der Waals surface area contributed by atoms with Gasteiger partial charge in [0.1, 0.15) is 21.4 Å². The van der Waals surface area contributed by atoms with Crippen LogP contribution in [0.25, 0.3) is 12.2 Å². The van der Waals surface area contributed by atoms with Gasteiger partial charge in [0.15, 0.2) is 0 Å². The number of allylic oxidation sites excluding steroid dienone is 2. The third-order valence-corrected chi connectivity index (χ3v) is 2.70. The summed E-state index contributed by atoms with van der Waals surface area (Å²) in [6, 6.07) is 5.19. The van der Waals surface area contributed by atoms with Crippen LogP contribution in [0.2, 0.25) is 0 Å². The summed E-state index contributed by atoms with van der Waals surface area (Å²) in [5.41, 5.74) is 10.6. The predicted octanol–water partition coefficient (Wildman–Crippen LogP) is 2.04. The summed E-state index contributed by atoms with van der Waals surface area (Å²) in [6.07, 6.45) is 5.65. The van der Waals surface area contributed by atoms with Crippen molar-refractivity contribution in [2.45, 2.75) is 0 Å². The normalized spacial score (nSPS) is 10.9. The van der Waals surface area contributed by atoms with Crippen LogP contribution in [0.5, 0.6) is 0 Å². The first-order chi connectivity index (χ1) is 12.3. The van der Waals surface area contributed by atoms with Crippen molar-refractivity contribution in [2.75, 3.05) is 0 Å². The van der Waals surface area contributed by atoms with Crippen LogP contribution in [0, 0.1) is 20.2 Å². The number of nitro groups is 2. The van der Waals surface area contributed by atoms with Crippen LogP contribution in [0.4, 0.5) is 11.8 Å². The van der Waals surface area contributed by atoms with Crippen LogP contribution < -0.4 is 11.5 Å². The second-order valence-corrected chi connectivity index (χ2v) is 4.58. The Morgan fingerprint density at radius 1 is 0.885 bits per heavy atom. The van der Waals surface area contributed by atoms with Gasteiger partial charge in [-0.05, 0) is 36.4 Å². The van der Waals surface area contributed by atoms with Crippen molar-refractivity contribution >= 4 is 35.6 Å². The Hall–Kier alpha value is -4.22. The number of rotatable bonds is 7. The Bertz CT molecular complexity index is 867. The van der Waals surface area contributed by atoms with Gasteiger partial charge in [-0.15, -0.1) is 10.2 Å². The van der Waals surface area contributed by atoms with E-state index in [1.54, 1.807) is 0 Å². The van der Waals surface area contributed by atoms with Gasteiger partial charge >= 0.3 is 11.8 Å². The van der Waals surface area contributed by atoms with Crippen molar-refractivity contribution in [2.24, 2.45) is 21.7 Å². The van der Waals surface area contributed by atoms with E-state index in [-0.39, 0.29) is 23.2 Å². The minimum atomic E-state index is -0.671. The molecular formula is C14H12N6O6. The maximum Gasteiger partial charge on any atom is 0.433 e. The lowest BCUT2D eigenvalue weighted by Gasteiger charge is -1.91. The van der Waals surface area contributed by atoms with E-state index in [0.717, 1.165) is 0 Å². The second kappa shape index (κ2) is 8.05. The molecule has 2 heterocycles. The topological polar surface area (TPSA) is 189 Å². The van der Waals surface area contributed by atoms with Gasteiger partial charge < -0.3 is 20.3 Å². The first-order valence-electron chi connectivity index (χ1n) is 6.86. The summed E-state index contributed by atoms with van der Waals surface area (Å²) in [7, 11) is 0. The number of hydrogen-bond acceptors (Lipinski definition) is 8. The van der Waals surface area contributed by atoms with E-state index in [0.29, 0.717) is 0 Å². The molecule has 0 saturated carbocycles. The predicted molar refractivity (Wildman–Crippen MR) is 92.0 cm³/mol. The molecule has 0 bridgehead atoms. The van der Waals surface area contributed by atoms with E-state index in [4.69, 9.17) is 20.3 Å². The fraction of sp³-hybridized carbons (Fsp3) is 0. The third kappa shape index (κ3) is 5.16. The molecule has 134 valence electrons. The largest absolute Gasteiger partial charge is 0.433 e. The van der Waals surface area contributed by atoms with Gasteiger partial charge in [0.25, 0.3) is 0 Å². The monoisotopic (exact) mass is 363 g/mol. The molecule has 0 fully saturated rings. The van der Waals surface area contributed by atoms with Crippen molar-refractivity contribution in [1.29, 1.82) is 0 Å². The molecule has 0 atom stereocenters. The lowest BCUT2D eigenvalue weighted by atomic mass is 10.5. The summed E-state index contributed by atoms with van der Waals surface area (Å²) in [5, 5.41) is 28.4. The smallest absolute Gasteiger partial charge is 0.401 e. The van der Waals surface area contributed by atoms with E-state index in [9.17, 15) is 20.2 Å². The Labute approximate surface area is 145 Å². The molecule has 0 saturated heterocycles. The summed E-state index contributed by atoms with van der Waals surface area (Å²) < 4.78 is 9.94. The molecule has 0 aliphatic heterocycles. The number of nitrogens with two attached hydrogens (primary N) is 2. The van der Waals surface area contributed by atoms with Crippen LogP contribution in [0.1, 0.15) is 11.5 Å². The molecule has 0 spiro atoms. The first kappa shape index (κ1) is 18.1. The highest BCUT2D eigenvalue weighted by Crippen LogP contribution is 2.18. The Morgan fingerprint density at radius 2 is 1.35 bits per heavy atom. The van der Waals surface area contributed by atoms with Crippen LogP contribution in [0.3, 0.4) is 0 Å². The Kier molecular flexibility index (Phi) is 5.61. The van der Waals surface area contributed by atoms with Crippen molar-refractivity contribution in [3.63, 3.8) is 0 Å². The minimum Gasteiger partial charge on any atom is -0.401 e. The Balaban J connectivity index is 2.22. The molecule has 0 aromatic carbocycles. The van der Waals surface area contributed by atoms with Crippen LogP contribution >= 0.6 is 0 Å². The van der Waals surface area contributed by atoms with Crippen LogP contribution in [-0.2, 0) is 0 Å². The molecule has 12 nitrogen and oxygen atoms in total. The van der Waals surface area contributed by atoms with E-state index in [1.165, 1.54) is 48.6 Å².